The van der Waals surface area contributed by atoms with Crippen molar-refractivity contribution in [2.24, 2.45) is 5.10 Å². The van der Waals surface area contributed by atoms with Gasteiger partial charge in [-0.3, -0.25) is 24.8 Å². The Kier molecular flexibility index (Phi) is 8.15. The third kappa shape index (κ3) is 7.45. The summed E-state index contributed by atoms with van der Waals surface area (Å²) in [5.74, 6) is -1.36. The summed E-state index contributed by atoms with van der Waals surface area (Å²) in [7, 11) is 1.46. The number of aldehydes is 1. The van der Waals surface area contributed by atoms with Gasteiger partial charge in [-0.1, -0.05) is 15.9 Å². The number of nitrogens with zero attached hydrogens (tertiary/aromatic N) is 5. The summed E-state index contributed by atoms with van der Waals surface area (Å²) in [6, 6.07) is 4.74. The molecule has 0 unspecified atom stereocenters. The SMILES string of the molecule is CN(CC(=O)Nc1ncc(F)cn1)/N=C(/OC1CN(CC(F)(F)F)C1)c1cc(Br)ccc1C=O. The van der Waals surface area contributed by atoms with Crippen LogP contribution in [-0.4, -0.2) is 83.5 Å². The Bertz CT molecular complexity index is 1060. The highest BCUT2D eigenvalue weighted by Gasteiger charge is 2.38. The maximum absolute atomic E-state index is 12.9. The fourth-order valence-electron chi connectivity index (χ4n) is 3.03. The number of nitrogens with one attached hydrogen (secondary N) is 1. The molecule has 2 heterocycles. The second-order valence-electron chi connectivity index (χ2n) is 7.39. The van der Waals surface area contributed by atoms with Crippen molar-refractivity contribution in [1.82, 2.24) is 19.9 Å². The third-order valence-corrected chi connectivity index (χ3v) is 4.98. The zero-order valence-corrected chi connectivity index (χ0v) is 19.3. The van der Waals surface area contributed by atoms with Gasteiger partial charge in [0.1, 0.15) is 12.6 Å². The number of halogens is 5. The van der Waals surface area contributed by atoms with Crippen LogP contribution in [0.1, 0.15) is 15.9 Å². The van der Waals surface area contributed by atoms with Crippen LogP contribution >= 0.6 is 15.9 Å². The molecule has 0 spiro atoms. The van der Waals surface area contributed by atoms with Crippen molar-refractivity contribution in [2.75, 3.05) is 38.5 Å². The number of likely N-dealkylation sites (tertiary alicyclic amines) is 1. The third-order valence-electron chi connectivity index (χ3n) is 4.48. The topological polar surface area (TPSA) is 100 Å². The molecule has 9 nitrogen and oxygen atoms in total. The predicted octanol–water partition coefficient (Wildman–Crippen LogP) is 2.69. The number of amides is 1. The van der Waals surface area contributed by atoms with E-state index >= 15 is 0 Å². The molecule has 1 amide bonds. The summed E-state index contributed by atoms with van der Waals surface area (Å²) in [6.45, 7) is -1.30. The first-order valence-corrected chi connectivity index (χ1v) is 10.6. The fourth-order valence-corrected chi connectivity index (χ4v) is 3.40. The summed E-state index contributed by atoms with van der Waals surface area (Å²) in [6.07, 6.45) is -2.53. The summed E-state index contributed by atoms with van der Waals surface area (Å²) >= 11 is 3.30. The molecule has 1 aliphatic heterocycles. The Morgan fingerprint density at radius 3 is 2.65 bits per heavy atom. The number of hydrogen-bond donors (Lipinski definition) is 1. The summed E-state index contributed by atoms with van der Waals surface area (Å²) < 4.78 is 57.1. The molecule has 0 aliphatic carbocycles. The molecule has 1 N–H and O–H groups in total. The number of anilines is 1. The molecule has 0 radical (unpaired) electrons. The Morgan fingerprint density at radius 1 is 1.35 bits per heavy atom. The van der Waals surface area contributed by atoms with Crippen molar-refractivity contribution in [3.05, 3.63) is 52.0 Å². The van der Waals surface area contributed by atoms with Crippen LogP contribution in [0.15, 0.2) is 40.2 Å². The molecule has 1 saturated heterocycles. The monoisotopic (exact) mass is 546 g/mol. The summed E-state index contributed by atoms with van der Waals surface area (Å²) in [5.41, 5.74) is 0.541. The minimum absolute atomic E-state index is 0.0229. The maximum atomic E-state index is 12.9. The van der Waals surface area contributed by atoms with Crippen LogP contribution in [-0.2, 0) is 9.53 Å². The quantitative estimate of drug-likeness (QED) is 0.178. The van der Waals surface area contributed by atoms with Gasteiger partial charge in [0.15, 0.2) is 12.1 Å². The number of aromatic nitrogens is 2. The zero-order valence-electron chi connectivity index (χ0n) is 17.7. The highest BCUT2D eigenvalue weighted by molar-refractivity contribution is 9.10. The largest absolute Gasteiger partial charge is 0.470 e. The Hall–Kier alpha value is -3.13. The van der Waals surface area contributed by atoms with Crippen LogP contribution in [0.2, 0.25) is 0 Å². The summed E-state index contributed by atoms with van der Waals surface area (Å²) in [5, 5.41) is 7.86. The van der Waals surface area contributed by atoms with Crippen LogP contribution < -0.4 is 5.32 Å². The normalized spacial score (nSPS) is 14.9. The van der Waals surface area contributed by atoms with E-state index in [1.165, 1.54) is 23.0 Å². The standard InChI is InChI=1S/C20H19BrF4N6O3/c1-30(9-17(33)28-19-26-5-14(22)6-27-19)29-18(16-4-13(21)3-2-12(16)10-32)34-15-7-31(8-15)11-20(23,24)25/h2-6,10,15H,7-9,11H2,1H3,(H,26,27,28,33)/b29-18+. The fraction of sp³-hybridized carbons (Fsp3) is 0.350. The maximum Gasteiger partial charge on any atom is 0.401 e. The average molecular weight is 547 g/mol. The van der Waals surface area contributed by atoms with Gasteiger partial charge in [0.05, 0.1) is 18.9 Å². The van der Waals surface area contributed by atoms with Gasteiger partial charge in [-0.05, 0) is 18.2 Å². The van der Waals surface area contributed by atoms with Crippen molar-refractivity contribution in [3.63, 3.8) is 0 Å². The first-order chi connectivity index (χ1) is 16.0. The van der Waals surface area contributed by atoms with Crippen molar-refractivity contribution in [3.8, 4) is 0 Å². The average Bonchev–Trinajstić information content (AvgIpc) is 2.72. The number of ether oxygens (including phenoxy) is 1. The second kappa shape index (κ2) is 10.9. The number of likely N-dealkylation sites (N-methyl/N-ethyl adjacent to an activating group) is 1. The van der Waals surface area contributed by atoms with Crippen LogP contribution in [0.25, 0.3) is 0 Å². The molecule has 34 heavy (non-hydrogen) atoms. The van der Waals surface area contributed by atoms with Gasteiger partial charge in [-0.2, -0.15) is 13.2 Å². The Morgan fingerprint density at radius 2 is 2.03 bits per heavy atom. The van der Waals surface area contributed by atoms with E-state index in [0.29, 0.717) is 16.3 Å². The number of hydrazone groups is 1. The number of carbonyl (C=O) groups is 2. The van der Waals surface area contributed by atoms with E-state index in [1.807, 2.05) is 0 Å². The molecule has 2 aromatic rings. The zero-order chi connectivity index (χ0) is 24.9. The van der Waals surface area contributed by atoms with Crippen molar-refractivity contribution >= 4 is 40.0 Å². The number of rotatable bonds is 8. The minimum Gasteiger partial charge on any atom is -0.470 e. The van der Waals surface area contributed by atoms with Crippen LogP contribution in [0.3, 0.4) is 0 Å². The predicted molar refractivity (Wildman–Crippen MR) is 117 cm³/mol. The van der Waals surface area contributed by atoms with Crippen LogP contribution in [0, 0.1) is 5.82 Å². The van der Waals surface area contributed by atoms with Gasteiger partial charge in [0.2, 0.25) is 17.8 Å². The van der Waals surface area contributed by atoms with Gasteiger partial charge in [0.25, 0.3) is 0 Å². The van der Waals surface area contributed by atoms with Crippen molar-refractivity contribution in [2.45, 2.75) is 12.3 Å². The molecule has 1 fully saturated rings. The van der Waals surface area contributed by atoms with E-state index in [2.05, 4.69) is 36.3 Å². The van der Waals surface area contributed by atoms with E-state index in [0.717, 1.165) is 12.4 Å². The number of hydrogen-bond acceptors (Lipinski definition) is 8. The molecular weight excluding hydrogens is 528 g/mol. The van der Waals surface area contributed by atoms with E-state index in [4.69, 9.17) is 4.74 Å². The van der Waals surface area contributed by atoms with Gasteiger partial charge in [-0.15, -0.1) is 5.10 Å². The van der Waals surface area contributed by atoms with Crippen molar-refractivity contribution < 1.29 is 31.9 Å². The van der Waals surface area contributed by atoms with E-state index in [1.54, 1.807) is 12.1 Å². The van der Waals surface area contributed by atoms with E-state index in [9.17, 15) is 27.2 Å². The highest BCUT2D eigenvalue weighted by Crippen LogP contribution is 2.24. The number of benzene rings is 1. The van der Waals surface area contributed by atoms with Gasteiger partial charge in [-0.25, -0.2) is 14.4 Å². The lowest BCUT2D eigenvalue weighted by atomic mass is 10.1. The minimum atomic E-state index is -4.32. The van der Waals surface area contributed by atoms with Crippen LogP contribution in [0.4, 0.5) is 23.5 Å². The summed E-state index contributed by atoms with van der Waals surface area (Å²) in [4.78, 5) is 32.2. The smallest absolute Gasteiger partial charge is 0.401 e. The molecule has 0 bridgehead atoms. The van der Waals surface area contributed by atoms with Gasteiger partial charge >= 0.3 is 6.18 Å². The molecule has 1 aromatic carbocycles. The highest BCUT2D eigenvalue weighted by atomic mass is 79.9. The van der Waals surface area contributed by atoms with E-state index in [-0.39, 0.29) is 37.0 Å². The molecule has 1 aliphatic rings. The lowest BCUT2D eigenvalue weighted by Gasteiger charge is -2.39. The lowest BCUT2D eigenvalue weighted by molar-refractivity contribution is -0.163. The first kappa shape index (κ1) is 25.5. The lowest BCUT2D eigenvalue weighted by Crippen LogP contribution is -2.55. The number of carbonyl (C=O) groups excluding carboxylic acids is 2. The molecule has 182 valence electrons. The van der Waals surface area contributed by atoms with Gasteiger partial charge in [0, 0.05) is 35.7 Å². The molecular formula is C20H19BrF4N6O3. The number of alkyl halides is 3. The molecule has 3 rings (SSSR count). The molecule has 0 saturated carbocycles. The molecule has 1 aromatic heterocycles. The Labute approximate surface area is 199 Å². The first-order valence-electron chi connectivity index (χ1n) is 9.80. The van der Waals surface area contributed by atoms with Gasteiger partial charge < -0.3 is 4.74 Å². The van der Waals surface area contributed by atoms with Crippen molar-refractivity contribution in [1.29, 1.82) is 0 Å². The Balaban J connectivity index is 1.73. The molecule has 14 heteroatoms. The molecule has 0 atom stereocenters. The van der Waals surface area contributed by atoms with E-state index < -0.39 is 30.5 Å². The van der Waals surface area contributed by atoms with Crippen LogP contribution in [0.5, 0.6) is 0 Å². The second-order valence-corrected chi connectivity index (χ2v) is 8.31.